The molecule has 0 radical (unpaired) electrons. The van der Waals surface area contributed by atoms with Gasteiger partial charge in [0.15, 0.2) is 0 Å². The Morgan fingerprint density at radius 1 is 0.926 bits per heavy atom. The van der Waals surface area contributed by atoms with Crippen LogP contribution in [0.4, 0.5) is 0 Å². The van der Waals surface area contributed by atoms with Crippen LogP contribution in [-0.4, -0.2) is 18.2 Å². The highest BCUT2D eigenvalue weighted by Crippen LogP contribution is 2.36. The highest BCUT2D eigenvalue weighted by atomic mass is 16.5. The van der Waals surface area contributed by atoms with E-state index in [0.29, 0.717) is 18.4 Å². The first-order chi connectivity index (χ1) is 13.3. The van der Waals surface area contributed by atoms with Crippen LogP contribution in [0.25, 0.3) is 0 Å². The van der Waals surface area contributed by atoms with Gasteiger partial charge in [-0.05, 0) is 69.1 Å². The largest absolute Gasteiger partial charge is 0.490 e. The Labute approximate surface area is 164 Å². The number of carbonyl (C=O) groups is 1. The summed E-state index contributed by atoms with van der Waals surface area (Å²) in [5.74, 6) is 1.30. The lowest BCUT2D eigenvalue weighted by molar-refractivity contribution is -0.151. The third-order valence-corrected chi connectivity index (χ3v) is 6.13. The van der Waals surface area contributed by atoms with Crippen LogP contribution < -0.4 is 4.74 Å². The Bertz CT molecular complexity index is 559. The molecule has 0 amide bonds. The molecule has 2 aliphatic carbocycles. The molecule has 3 heteroatoms. The van der Waals surface area contributed by atoms with Gasteiger partial charge in [-0.15, -0.1) is 0 Å². The van der Waals surface area contributed by atoms with Crippen LogP contribution in [0.2, 0.25) is 0 Å². The van der Waals surface area contributed by atoms with Crippen LogP contribution in [0.3, 0.4) is 0 Å². The lowest BCUT2D eigenvalue weighted by Gasteiger charge is -2.31. The molecule has 0 N–H and O–H groups in total. The lowest BCUT2D eigenvalue weighted by atomic mass is 9.81. The van der Waals surface area contributed by atoms with Crippen molar-refractivity contribution < 1.29 is 14.3 Å². The van der Waals surface area contributed by atoms with Crippen LogP contribution in [0.15, 0.2) is 24.3 Å². The minimum atomic E-state index is -0.0161. The second kappa shape index (κ2) is 10.7. The molecular weight excluding hydrogens is 336 g/mol. The normalized spacial score (nSPS) is 23.7. The third-order valence-electron chi connectivity index (χ3n) is 6.13. The molecule has 2 saturated carbocycles. The predicted octanol–water partition coefficient (Wildman–Crippen LogP) is 6.55. The van der Waals surface area contributed by atoms with Gasteiger partial charge in [-0.1, -0.05) is 44.7 Å². The summed E-state index contributed by atoms with van der Waals surface area (Å²) in [5, 5.41) is 0. The first-order valence-corrected chi connectivity index (χ1v) is 11.2. The number of esters is 1. The minimum Gasteiger partial charge on any atom is -0.490 e. The van der Waals surface area contributed by atoms with Crippen molar-refractivity contribution >= 4 is 5.97 Å². The van der Waals surface area contributed by atoms with Gasteiger partial charge in [0, 0.05) is 12.3 Å². The van der Waals surface area contributed by atoms with Gasteiger partial charge < -0.3 is 9.47 Å². The maximum absolute atomic E-state index is 12.2. The van der Waals surface area contributed by atoms with Gasteiger partial charge in [0.25, 0.3) is 0 Å². The van der Waals surface area contributed by atoms with Crippen molar-refractivity contribution in [1.82, 2.24) is 0 Å². The van der Waals surface area contributed by atoms with E-state index in [1.165, 1.54) is 44.1 Å². The molecule has 0 unspecified atom stereocenters. The summed E-state index contributed by atoms with van der Waals surface area (Å²) in [6.07, 6.45) is 14.9. The fraction of sp³-hybridized carbons (Fsp3) is 0.708. The van der Waals surface area contributed by atoms with Crippen LogP contribution in [0.1, 0.15) is 102 Å². The number of hydrogen-bond donors (Lipinski definition) is 0. The topological polar surface area (TPSA) is 35.5 Å². The number of hydrogen-bond acceptors (Lipinski definition) is 3. The number of ether oxygens (including phenoxy) is 2. The van der Waals surface area contributed by atoms with Gasteiger partial charge in [-0.25, -0.2) is 0 Å². The maximum Gasteiger partial charge on any atom is 0.306 e. The van der Waals surface area contributed by atoms with Gasteiger partial charge in [0.2, 0.25) is 0 Å². The minimum absolute atomic E-state index is 0.0161. The smallest absolute Gasteiger partial charge is 0.306 e. The molecule has 0 bridgehead atoms. The zero-order chi connectivity index (χ0) is 18.9. The zero-order valence-corrected chi connectivity index (χ0v) is 17.0. The fourth-order valence-electron chi connectivity index (χ4n) is 4.54. The molecule has 1 aromatic carbocycles. The van der Waals surface area contributed by atoms with Crippen molar-refractivity contribution in [3.05, 3.63) is 29.8 Å². The molecule has 2 aliphatic rings. The molecule has 0 aromatic heterocycles. The van der Waals surface area contributed by atoms with Crippen molar-refractivity contribution in [2.75, 3.05) is 0 Å². The lowest BCUT2D eigenvalue weighted by Crippen LogP contribution is -2.28. The molecule has 3 nitrogen and oxygen atoms in total. The molecule has 1 aromatic rings. The summed E-state index contributed by atoms with van der Waals surface area (Å²) in [6.45, 7) is 2.16. The van der Waals surface area contributed by atoms with E-state index in [1.807, 2.05) is 0 Å². The molecule has 0 heterocycles. The standard InChI is InChI=1S/C24H36O3/c1-2-3-5-14-24(25)27-23-13-9-8-12-22(23)19-15-17-21(18-16-19)26-20-10-6-4-7-11-20/h15-18,20,22-23H,2-14H2,1H3/t22-,23+/m1/s1. The molecule has 2 atom stereocenters. The van der Waals surface area contributed by atoms with Crippen LogP contribution in [0.5, 0.6) is 5.75 Å². The summed E-state index contributed by atoms with van der Waals surface area (Å²) in [6, 6.07) is 8.59. The monoisotopic (exact) mass is 372 g/mol. The summed E-state index contributed by atoms with van der Waals surface area (Å²) in [5.41, 5.74) is 1.29. The highest BCUT2D eigenvalue weighted by molar-refractivity contribution is 5.69. The zero-order valence-electron chi connectivity index (χ0n) is 17.0. The van der Waals surface area contributed by atoms with Gasteiger partial charge in [0.05, 0.1) is 6.10 Å². The fourth-order valence-corrected chi connectivity index (χ4v) is 4.54. The van der Waals surface area contributed by atoms with Crippen molar-refractivity contribution in [2.24, 2.45) is 0 Å². The van der Waals surface area contributed by atoms with Gasteiger partial charge in [-0.2, -0.15) is 0 Å². The van der Waals surface area contributed by atoms with E-state index >= 15 is 0 Å². The van der Waals surface area contributed by atoms with Crippen LogP contribution in [0, 0.1) is 0 Å². The van der Waals surface area contributed by atoms with E-state index in [2.05, 4.69) is 31.2 Å². The molecule has 27 heavy (non-hydrogen) atoms. The second-order valence-electron chi connectivity index (χ2n) is 8.32. The van der Waals surface area contributed by atoms with E-state index in [4.69, 9.17) is 9.47 Å². The summed E-state index contributed by atoms with van der Waals surface area (Å²) >= 11 is 0. The molecule has 3 rings (SSSR count). The SMILES string of the molecule is CCCCCC(=O)O[C@H]1CCCC[C@@H]1c1ccc(OC2CCCCC2)cc1. The van der Waals surface area contributed by atoms with Crippen molar-refractivity contribution in [1.29, 1.82) is 0 Å². The molecule has 0 saturated heterocycles. The first-order valence-electron chi connectivity index (χ1n) is 11.2. The quantitative estimate of drug-likeness (QED) is 0.383. The molecule has 0 aliphatic heterocycles. The van der Waals surface area contributed by atoms with Gasteiger partial charge in [0.1, 0.15) is 11.9 Å². The van der Waals surface area contributed by atoms with E-state index in [1.54, 1.807) is 0 Å². The number of benzene rings is 1. The Kier molecular flexibility index (Phi) is 8.04. The molecular formula is C24H36O3. The van der Waals surface area contributed by atoms with Crippen LogP contribution in [-0.2, 0) is 9.53 Å². The predicted molar refractivity (Wildman–Crippen MR) is 109 cm³/mol. The number of unbranched alkanes of at least 4 members (excludes halogenated alkanes) is 2. The summed E-state index contributed by atoms with van der Waals surface area (Å²) in [4.78, 5) is 12.2. The third kappa shape index (κ3) is 6.26. The van der Waals surface area contributed by atoms with E-state index in [9.17, 15) is 4.79 Å². The van der Waals surface area contributed by atoms with E-state index in [0.717, 1.165) is 44.3 Å². The number of rotatable bonds is 8. The Morgan fingerprint density at radius 3 is 2.37 bits per heavy atom. The summed E-state index contributed by atoms with van der Waals surface area (Å²) in [7, 11) is 0. The van der Waals surface area contributed by atoms with Gasteiger partial charge in [-0.3, -0.25) is 4.79 Å². The summed E-state index contributed by atoms with van der Waals surface area (Å²) < 4.78 is 12.0. The van der Waals surface area contributed by atoms with E-state index in [-0.39, 0.29) is 12.1 Å². The molecule has 2 fully saturated rings. The average Bonchev–Trinajstić information content (AvgIpc) is 2.70. The van der Waals surface area contributed by atoms with Crippen molar-refractivity contribution in [3.8, 4) is 5.75 Å². The second-order valence-corrected chi connectivity index (χ2v) is 8.32. The maximum atomic E-state index is 12.2. The van der Waals surface area contributed by atoms with Crippen LogP contribution >= 0.6 is 0 Å². The Hall–Kier alpha value is -1.51. The first kappa shape index (κ1) is 20.2. The average molecular weight is 373 g/mol. The van der Waals surface area contributed by atoms with Gasteiger partial charge >= 0.3 is 5.97 Å². The Morgan fingerprint density at radius 2 is 1.63 bits per heavy atom. The van der Waals surface area contributed by atoms with E-state index < -0.39 is 0 Å². The number of carbonyl (C=O) groups excluding carboxylic acids is 1. The van der Waals surface area contributed by atoms with Crippen molar-refractivity contribution in [2.45, 2.75) is 109 Å². The molecule has 150 valence electrons. The highest BCUT2D eigenvalue weighted by Gasteiger charge is 2.29. The van der Waals surface area contributed by atoms with Crippen molar-refractivity contribution in [3.63, 3.8) is 0 Å². The molecule has 0 spiro atoms. The Balaban J connectivity index is 1.56.